The highest BCUT2D eigenvalue weighted by Gasteiger charge is 2.44. The van der Waals surface area contributed by atoms with E-state index >= 15 is 0 Å². The SMILES string of the molecule is CN1C[C@H](c2cc(C(F)(F)F)n(C)n2)[C@@H](C(=O)Nc2cccc(F)n2)C1=S. The Morgan fingerprint density at radius 1 is 1.33 bits per heavy atom. The second kappa shape index (κ2) is 6.87. The molecule has 2 aromatic heterocycles. The summed E-state index contributed by atoms with van der Waals surface area (Å²) in [5.74, 6) is -2.95. The van der Waals surface area contributed by atoms with Crippen molar-refractivity contribution in [3.05, 3.63) is 41.6 Å². The van der Waals surface area contributed by atoms with Crippen LogP contribution in [-0.2, 0) is 18.0 Å². The summed E-state index contributed by atoms with van der Waals surface area (Å²) in [5.41, 5.74) is -0.798. The van der Waals surface area contributed by atoms with Gasteiger partial charge in [0.2, 0.25) is 11.9 Å². The highest BCUT2D eigenvalue weighted by molar-refractivity contribution is 7.80. The number of hydrogen-bond donors (Lipinski definition) is 1. The zero-order valence-corrected chi connectivity index (χ0v) is 15.1. The molecule has 3 heterocycles. The Labute approximate surface area is 157 Å². The van der Waals surface area contributed by atoms with Gasteiger partial charge in [-0.2, -0.15) is 22.7 Å². The van der Waals surface area contributed by atoms with Crippen LogP contribution in [0, 0.1) is 11.9 Å². The summed E-state index contributed by atoms with van der Waals surface area (Å²) in [5, 5.41) is 6.40. The largest absolute Gasteiger partial charge is 0.433 e. The molecule has 1 aliphatic heterocycles. The molecule has 0 unspecified atom stereocenters. The molecule has 0 aliphatic carbocycles. The van der Waals surface area contributed by atoms with Gasteiger partial charge in [0.05, 0.1) is 16.6 Å². The van der Waals surface area contributed by atoms with Gasteiger partial charge in [0.25, 0.3) is 0 Å². The highest BCUT2D eigenvalue weighted by atomic mass is 32.1. The van der Waals surface area contributed by atoms with Crippen LogP contribution < -0.4 is 5.32 Å². The van der Waals surface area contributed by atoms with Crippen molar-refractivity contribution in [3.63, 3.8) is 0 Å². The number of likely N-dealkylation sites (N-methyl/N-ethyl adjacent to an activating group) is 1. The lowest BCUT2D eigenvalue weighted by molar-refractivity contribution is -0.143. The smallest absolute Gasteiger partial charge is 0.368 e. The second-order valence-electron chi connectivity index (χ2n) is 6.21. The molecule has 6 nitrogen and oxygen atoms in total. The monoisotopic (exact) mass is 401 g/mol. The lowest BCUT2D eigenvalue weighted by Crippen LogP contribution is -2.32. The van der Waals surface area contributed by atoms with Gasteiger partial charge in [-0.15, -0.1) is 0 Å². The molecule has 0 aromatic carbocycles. The van der Waals surface area contributed by atoms with Crippen LogP contribution in [0.1, 0.15) is 17.3 Å². The number of amides is 1. The fraction of sp³-hybridized carbons (Fsp3) is 0.375. The van der Waals surface area contributed by atoms with Crippen molar-refractivity contribution in [3.8, 4) is 0 Å². The first-order valence-corrected chi connectivity index (χ1v) is 8.28. The van der Waals surface area contributed by atoms with E-state index in [-0.39, 0.29) is 23.0 Å². The zero-order chi connectivity index (χ0) is 19.9. The number of alkyl halides is 3. The van der Waals surface area contributed by atoms with E-state index in [9.17, 15) is 22.4 Å². The summed E-state index contributed by atoms with van der Waals surface area (Å²) in [6.45, 7) is 0.238. The number of hydrogen-bond acceptors (Lipinski definition) is 4. The van der Waals surface area contributed by atoms with Crippen LogP contribution in [0.4, 0.5) is 23.4 Å². The number of anilines is 1. The number of halogens is 4. The third-order valence-electron chi connectivity index (χ3n) is 4.33. The predicted octanol–water partition coefficient (Wildman–Crippen LogP) is 2.58. The average molecular weight is 401 g/mol. The Hall–Kier alpha value is -2.56. The van der Waals surface area contributed by atoms with Gasteiger partial charge in [0, 0.05) is 26.6 Å². The number of aromatic nitrogens is 3. The summed E-state index contributed by atoms with van der Waals surface area (Å²) in [4.78, 5) is 18.2. The van der Waals surface area contributed by atoms with Crippen molar-refractivity contribution in [2.24, 2.45) is 13.0 Å². The second-order valence-corrected chi connectivity index (χ2v) is 6.63. The average Bonchev–Trinajstić information content (AvgIpc) is 3.08. The molecule has 1 aliphatic rings. The number of nitrogens with one attached hydrogen (secondary N) is 1. The van der Waals surface area contributed by atoms with Gasteiger partial charge < -0.3 is 10.2 Å². The third-order valence-corrected chi connectivity index (χ3v) is 4.90. The Morgan fingerprint density at radius 3 is 2.63 bits per heavy atom. The standard InChI is InChI=1S/C16H15F4N5OS/c1-24-7-8(9-6-10(16(18,19)20)25(2)23-9)13(15(24)27)14(26)22-12-5-3-4-11(17)21-12/h3-6,8,13H,7H2,1-2H3,(H,21,22,26)/t8-,13+/m1/s1. The maximum atomic E-state index is 13.2. The summed E-state index contributed by atoms with van der Waals surface area (Å²) < 4.78 is 53.1. The molecule has 144 valence electrons. The van der Waals surface area contributed by atoms with Gasteiger partial charge in [-0.05, 0) is 18.2 Å². The maximum Gasteiger partial charge on any atom is 0.433 e. The molecule has 1 amide bonds. The summed E-state index contributed by atoms with van der Waals surface area (Å²) in [7, 11) is 2.84. The molecule has 0 radical (unpaired) electrons. The van der Waals surface area contributed by atoms with E-state index in [0.717, 1.165) is 16.8 Å². The van der Waals surface area contributed by atoms with Crippen molar-refractivity contribution >= 4 is 28.9 Å². The molecule has 1 N–H and O–H groups in total. The van der Waals surface area contributed by atoms with E-state index in [1.165, 1.54) is 19.2 Å². The van der Waals surface area contributed by atoms with Crippen molar-refractivity contribution in [1.29, 1.82) is 0 Å². The molecular formula is C16H15F4N5OS. The van der Waals surface area contributed by atoms with Gasteiger partial charge >= 0.3 is 6.18 Å². The van der Waals surface area contributed by atoms with E-state index in [4.69, 9.17) is 12.2 Å². The van der Waals surface area contributed by atoms with Gasteiger partial charge in [0.15, 0.2) is 0 Å². The molecule has 11 heteroatoms. The van der Waals surface area contributed by atoms with Crippen molar-refractivity contribution in [2.75, 3.05) is 18.9 Å². The molecule has 0 spiro atoms. The minimum atomic E-state index is -4.56. The molecular weight excluding hydrogens is 386 g/mol. The molecule has 0 saturated carbocycles. The topological polar surface area (TPSA) is 63.1 Å². The van der Waals surface area contributed by atoms with E-state index in [1.807, 2.05) is 0 Å². The lowest BCUT2D eigenvalue weighted by Gasteiger charge is -2.16. The Bertz CT molecular complexity index is 897. The minimum absolute atomic E-state index is 0.00638. The number of likely N-dealkylation sites (tertiary alicyclic amines) is 1. The molecule has 1 saturated heterocycles. The van der Waals surface area contributed by atoms with Crippen LogP contribution in [0.25, 0.3) is 0 Å². The first kappa shape index (κ1) is 19.2. The number of rotatable bonds is 3. The number of pyridine rings is 1. The molecule has 0 bridgehead atoms. The van der Waals surface area contributed by atoms with Crippen LogP contribution in [-0.4, -0.2) is 44.2 Å². The normalized spacial score (nSPS) is 20.2. The number of carbonyl (C=O) groups excluding carboxylic acids is 1. The number of thiocarbonyl (C=S) groups is 1. The molecule has 2 atom stereocenters. The number of aryl methyl sites for hydroxylation is 1. The van der Waals surface area contributed by atoms with E-state index in [1.54, 1.807) is 11.9 Å². The van der Waals surface area contributed by atoms with Crippen LogP contribution >= 0.6 is 12.2 Å². The van der Waals surface area contributed by atoms with Crippen LogP contribution in [0.3, 0.4) is 0 Å². The summed E-state index contributed by atoms with van der Waals surface area (Å²) >= 11 is 5.29. The van der Waals surface area contributed by atoms with Crippen molar-refractivity contribution in [2.45, 2.75) is 12.1 Å². The van der Waals surface area contributed by atoms with Crippen LogP contribution in [0.15, 0.2) is 24.3 Å². The van der Waals surface area contributed by atoms with Gasteiger partial charge in [-0.3, -0.25) is 9.48 Å². The Morgan fingerprint density at radius 2 is 2.04 bits per heavy atom. The van der Waals surface area contributed by atoms with Gasteiger partial charge in [-0.25, -0.2) is 4.98 Å². The number of carbonyl (C=O) groups is 1. The first-order chi connectivity index (χ1) is 12.6. The molecule has 1 fully saturated rings. The summed E-state index contributed by atoms with van der Waals surface area (Å²) in [6, 6.07) is 4.83. The number of nitrogens with zero attached hydrogens (tertiary/aromatic N) is 4. The minimum Gasteiger partial charge on any atom is -0.368 e. The van der Waals surface area contributed by atoms with Crippen molar-refractivity contribution < 1.29 is 22.4 Å². The molecule has 27 heavy (non-hydrogen) atoms. The lowest BCUT2D eigenvalue weighted by atomic mass is 9.92. The fourth-order valence-electron chi connectivity index (χ4n) is 3.08. The zero-order valence-electron chi connectivity index (χ0n) is 14.3. The van der Waals surface area contributed by atoms with Gasteiger partial charge in [0.1, 0.15) is 11.5 Å². The maximum absolute atomic E-state index is 13.2. The first-order valence-electron chi connectivity index (χ1n) is 7.87. The predicted molar refractivity (Wildman–Crippen MR) is 92.5 cm³/mol. The molecule has 2 aromatic rings. The van der Waals surface area contributed by atoms with E-state index in [0.29, 0.717) is 0 Å². The highest BCUT2D eigenvalue weighted by Crippen LogP contribution is 2.37. The van der Waals surface area contributed by atoms with E-state index < -0.39 is 35.6 Å². The quantitative estimate of drug-likeness (QED) is 0.487. The Balaban J connectivity index is 1.90. The summed E-state index contributed by atoms with van der Waals surface area (Å²) in [6.07, 6.45) is -4.56. The van der Waals surface area contributed by atoms with Crippen LogP contribution in [0.5, 0.6) is 0 Å². The fourth-order valence-corrected chi connectivity index (χ4v) is 3.42. The van der Waals surface area contributed by atoms with E-state index in [2.05, 4.69) is 15.4 Å². The third kappa shape index (κ3) is 3.77. The van der Waals surface area contributed by atoms with Gasteiger partial charge in [-0.1, -0.05) is 18.3 Å². The van der Waals surface area contributed by atoms with Crippen molar-refractivity contribution in [1.82, 2.24) is 19.7 Å². The Kier molecular flexibility index (Phi) is 4.89. The molecule has 3 rings (SSSR count). The van der Waals surface area contributed by atoms with Crippen LogP contribution in [0.2, 0.25) is 0 Å².